The fraction of sp³-hybridized carbons (Fsp3) is 0.650. The third-order valence-electron chi connectivity index (χ3n) is 5.56. The average Bonchev–Trinajstić information content (AvgIpc) is 3.14. The summed E-state index contributed by atoms with van der Waals surface area (Å²) in [5.41, 5.74) is 0.433. The van der Waals surface area contributed by atoms with E-state index >= 15 is 0 Å². The van der Waals surface area contributed by atoms with Gasteiger partial charge in [-0.25, -0.2) is 8.78 Å². The lowest BCUT2D eigenvalue weighted by molar-refractivity contribution is -0.00834. The highest BCUT2D eigenvalue weighted by Crippen LogP contribution is 2.24. The summed E-state index contributed by atoms with van der Waals surface area (Å²) >= 11 is 0. The SMILES string of the molecule is CN=C(NCC(C)(C)N1CCOCC1)NC1CCN(c2ccc(F)cc2F)C1. The molecule has 1 aromatic carbocycles. The summed E-state index contributed by atoms with van der Waals surface area (Å²) in [6.45, 7) is 9.97. The van der Waals surface area contributed by atoms with Crippen LogP contribution in [-0.4, -0.2) is 75.4 Å². The number of hydrogen-bond donors (Lipinski definition) is 2. The first kappa shape index (κ1) is 20.8. The Bertz CT molecular complexity index is 691. The summed E-state index contributed by atoms with van der Waals surface area (Å²) in [6, 6.07) is 3.89. The molecule has 2 aliphatic heterocycles. The van der Waals surface area contributed by atoms with Gasteiger partial charge in [-0.1, -0.05) is 0 Å². The number of nitrogens with zero attached hydrogens (tertiary/aromatic N) is 3. The molecule has 8 heteroatoms. The fourth-order valence-corrected chi connectivity index (χ4v) is 3.80. The number of aliphatic imine (C=N–C) groups is 1. The van der Waals surface area contributed by atoms with Crippen molar-refractivity contribution in [2.24, 2.45) is 4.99 Å². The zero-order valence-electron chi connectivity index (χ0n) is 17.0. The minimum Gasteiger partial charge on any atom is -0.379 e. The van der Waals surface area contributed by atoms with Crippen LogP contribution in [0.5, 0.6) is 0 Å². The molecule has 2 fully saturated rings. The van der Waals surface area contributed by atoms with Crippen LogP contribution in [0.1, 0.15) is 20.3 Å². The fourth-order valence-electron chi connectivity index (χ4n) is 3.80. The molecule has 1 unspecified atom stereocenters. The Morgan fingerprint density at radius 3 is 2.68 bits per heavy atom. The molecule has 156 valence electrons. The van der Waals surface area contributed by atoms with Crippen molar-refractivity contribution in [3.05, 3.63) is 29.8 Å². The molecule has 6 nitrogen and oxygen atoms in total. The van der Waals surface area contributed by atoms with Gasteiger partial charge in [-0.3, -0.25) is 9.89 Å². The second-order valence-corrected chi connectivity index (χ2v) is 8.01. The van der Waals surface area contributed by atoms with E-state index < -0.39 is 11.6 Å². The van der Waals surface area contributed by atoms with Crippen molar-refractivity contribution < 1.29 is 13.5 Å². The van der Waals surface area contributed by atoms with Crippen LogP contribution in [0.2, 0.25) is 0 Å². The van der Waals surface area contributed by atoms with Gasteiger partial charge < -0.3 is 20.3 Å². The van der Waals surface area contributed by atoms with Gasteiger partial charge in [0.25, 0.3) is 0 Å². The summed E-state index contributed by atoms with van der Waals surface area (Å²) in [6.07, 6.45) is 0.865. The number of guanidine groups is 1. The lowest BCUT2D eigenvalue weighted by atomic mass is 10.0. The van der Waals surface area contributed by atoms with Gasteiger partial charge in [0.1, 0.15) is 11.6 Å². The van der Waals surface area contributed by atoms with Gasteiger partial charge in [-0.2, -0.15) is 0 Å². The molecule has 2 N–H and O–H groups in total. The van der Waals surface area contributed by atoms with Crippen LogP contribution in [0.3, 0.4) is 0 Å². The van der Waals surface area contributed by atoms with Crippen molar-refractivity contribution in [2.75, 3.05) is 57.9 Å². The number of morpholine rings is 1. The maximum atomic E-state index is 14.0. The van der Waals surface area contributed by atoms with E-state index in [4.69, 9.17) is 4.74 Å². The topological polar surface area (TPSA) is 52.1 Å². The second kappa shape index (κ2) is 9.05. The van der Waals surface area contributed by atoms with E-state index in [1.165, 1.54) is 12.1 Å². The van der Waals surface area contributed by atoms with Crippen molar-refractivity contribution in [2.45, 2.75) is 31.8 Å². The predicted molar refractivity (Wildman–Crippen MR) is 108 cm³/mol. The molecule has 0 radical (unpaired) electrons. The number of nitrogens with one attached hydrogen (secondary N) is 2. The number of anilines is 1. The zero-order valence-corrected chi connectivity index (χ0v) is 17.0. The molecule has 0 amide bonds. The van der Waals surface area contributed by atoms with Crippen LogP contribution in [0, 0.1) is 11.6 Å². The molecule has 0 aromatic heterocycles. The quantitative estimate of drug-likeness (QED) is 0.588. The highest BCUT2D eigenvalue weighted by molar-refractivity contribution is 5.80. The Hall–Kier alpha value is -1.93. The molecule has 1 aromatic rings. The highest BCUT2D eigenvalue weighted by Gasteiger charge is 2.29. The molecule has 28 heavy (non-hydrogen) atoms. The Kier molecular flexibility index (Phi) is 6.72. The zero-order chi connectivity index (χ0) is 20.1. The molecule has 2 saturated heterocycles. The molecule has 0 bridgehead atoms. The van der Waals surface area contributed by atoms with Crippen LogP contribution in [0.15, 0.2) is 23.2 Å². The molecule has 2 aliphatic rings. The van der Waals surface area contributed by atoms with Crippen LogP contribution in [0.4, 0.5) is 14.5 Å². The molecular formula is C20H31F2N5O. The number of hydrogen-bond acceptors (Lipinski definition) is 4. The largest absolute Gasteiger partial charge is 0.379 e. The minimum atomic E-state index is -0.553. The predicted octanol–water partition coefficient (Wildman–Crippen LogP) is 1.82. The van der Waals surface area contributed by atoms with E-state index in [9.17, 15) is 8.78 Å². The van der Waals surface area contributed by atoms with Crippen LogP contribution < -0.4 is 15.5 Å². The van der Waals surface area contributed by atoms with Gasteiger partial charge in [0.15, 0.2) is 5.96 Å². The summed E-state index contributed by atoms with van der Waals surface area (Å²) in [4.78, 5) is 8.70. The standard InChI is InChI=1S/C20H31F2N5O/c1-20(2,27-8-10-28-11-9-27)14-24-19(23-3)25-16-6-7-26(13-16)18-5-4-15(21)12-17(18)22/h4-5,12,16H,6-11,13-14H2,1-3H3,(H2,23,24,25). The first-order valence-electron chi connectivity index (χ1n) is 9.89. The third kappa shape index (κ3) is 5.11. The van der Waals surface area contributed by atoms with Crippen LogP contribution in [-0.2, 0) is 4.74 Å². The van der Waals surface area contributed by atoms with Gasteiger partial charge in [-0.05, 0) is 32.4 Å². The van der Waals surface area contributed by atoms with E-state index in [0.717, 1.165) is 57.8 Å². The lowest BCUT2D eigenvalue weighted by Gasteiger charge is -2.41. The Morgan fingerprint density at radius 1 is 1.25 bits per heavy atom. The Labute approximate surface area is 165 Å². The van der Waals surface area contributed by atoms with Crippen molar-refractivity contribution in [3.63, 3.8) is 0 Å². The summed E-state index contributed by atoms with van der Waals surface area (Å²) < 4.78 is 32.6. The Balaban J connectivity index is 1.51. The first-order valence-corrected chi connectivity index (χ1v) is 9.89. The van der Waals surface area contributed by atoms with Crippen LogP contribution >= 0.6 is 0 Å². The monoisotopic (exact) mass is 395 g/mol. The van der Waals surface area contributed by atoms with Gasteiger partial charge in [0.05, 0.1) is 18.9 Å². The van der Waals surface area contributed by atoms with E-state index in [1.807, 2.05) is 4.90 Å². The second-order valence-electron chi connectivity index (χ2n) is 8.01. The first-order chi connectivity index (χ1) is 13.4. The number of ether oxygens (including phenoxy) is 1. The smallest absolute Gasteiger partial charge is 0.191 e. The summed E-state index contributed by atoms with van der Waals surface area (Å²) in [5.74, 6) is -0.328. The van der Waals surface area contributed by atoms with E-state index in [2.05, 4.69) is 34.4 Å². The number of halogens is 2. The lowest BCUT2D eigenvalue weighted by Crippen LogP contribution is -2.57. The maximum Gasteiger partial charge on any atom is 0.191 e. The van der Waals surface area contributed by atoms with Crippen molar-refractivity contribution >= 4 is 11.6 Å². The van der Waals surface area contributed by atoms with Crippen molar-refractivity contribution in [1.82, 2.24) is 15.5 Å². The normalized spacial score (nSPS) is 21.8. The van der Waals surface area contributed by atoms with Crippen molar-refractivity contribution in [1.29, 1.82) is 0 Å². The van der Waals surface area contributed by atoms with E-state index in [-0.39, 0.29) is 11.6 Å². The number of rotatable bonds is 5. The van der Waals surface area contributed by atoms with Crippen LogP contribution in [0.25, 0.3) is 0 Å². The van der Waals surface area contributed by atoms with E-state index in [1.54, 1.807) is 7.05 Å². The van der Waals surface area contributed by atoms with Gasteiger partial charge in [-0.15, -0.1) is 0 Å². The molecule has 2 heterocycles. The average molecular weight is 395 g/mol. The third-order valence-corrected chi connectivity index (χ3v) is 5.56. The van der Waals surface area contributed by atoms with Gasteiger partial charge >= 0.3 is 0 Å². The molecule has 0 aliphatic carbocycles. The minimum absolute atomic E-state index is 0.0135. The summed E-state index contributed by atoms with van der Waals surface area (Å²) in [5, 5.41) is 6.85. The highest BCUT2D eigenvalue weighted by atomic mass is 19.1. The molecule has 0 spiro atoms. The van der Waals surface area contributed by atoms with Gasteiger partial charge in [0.2, 0.25) is 0 Å². The summed E-state index contributed by atoms with van der Waals surface area (Å²) in [7, 11) is 1.75. The van der Waals surface area contributed by atoms with Crippen molar-refractivity contribution in [3.8, 4) is 0 Å². The van der Waals surface area contributed by atoms with Gasteiger partial charge in [0, 0.05) is 57.4 Å². The Morgan fingerprint density at radius 2 is 2.00 bits per heavy atom. The molecule has 0 saturated carbocycles. The molecule has 1 atom stereocenters. The molecule has 3 rings (SSSR count). The maximum absolute atomic E-state index is 14.0. The molecular weight excluding hydrogens is 364 g/mol. The number of benzene rings is 1. The van der Waals surface area contributed by atoms with E-state index in [0.29, 0.717) is 12.2 Å².